The van der Waals surface area contributed by atoms with E-state index in [0.717, 1.165) is 5.56 Å². The molecule has 0 radical (unpaired) electrons. The molecule has 1 aromatic carbocycles. The monoisotopic (exact) mass is 243 g/mol. The quantitative estimate of drug-likeness (QED) is 0.835. The van der Waals surface area contributed by atoms with Gasteiger partial charge in [-0.05, 0) is 17.0 Å². The van der Waals surface area contributed by atoms with Crippen LogP contribution in [0.5, 0.6) is 0 Å². The Kier molecular flexibility index (Phi) is 6.77. The second-order valence-corrected chi connectivity index (χ2v) is 3.89. The third-order valence-electron chi connectivity index (χ3n) is 2.25. The predicted octanol–water partition coefficient (Wildman–Crippen LogP) is 2.41. The number of hydrogen-bond acceptors (Lipinski definition) is 2. The van der Waals surface area contributed by atoms with Gasteiger partial charge in [0.05, 0.1) is 6.54 Å². The number of carboxylic acids is 1. The minimum atomic E-state index is -0.825. The van der Waals surface area contributed by atoms with Crippen molar-refractivity contribution in [1.82, 2.24) is 5.32 Å². The SMILES string of the molecule is CC(C)c1ccc(CNCC(=O)O)cc1.Cl. The third kappa shape index (κ3) is 5.14. The van der Waals surface area contributed by atoms with Crippen molar-refractivity contribution >= 4 is 18.4 Å². The second kappa shape index (κ2) is 7.25. The van der Waals surface area contributed by atoms with Gasteiger partial charge in [-0.25, -0.2) is 0 Å². The lowest BCUT2D eigenvalue weighted by Crippen LogP contribution is -2.21. The Labute approximate surface area is 102 Å². The summed E-state index contributed by atoms with van der Waals surface area (Å²) in [5.74, 6) is -0.292. The van der Waals surface area contributed by atoms with Crippen molar-refractivity contribution in [2.24, 2.45) is 0 Å². The van der Waals surface area contributed by atoms with E-state index in [0.29, 0.717) is 12.5 Å². The van der Waals surface area contributed by atoms with Crippen molar-refractivity contribution in [1.29, 1.82) is 0 Å². The fourth-order valence-corrected chi connectivity index (χ4v) is 1.33. The molecule has 2 N–H and O–H groups in total. The lowest BCUT2D eigenvalue weighted by molar-refractivity contribution is -0.135. The summed E-state index contributed by atoms with van der Waals surface area (Å²) in [4.78, 5) is 10.3. The molecule has 1 rings (SSSR count). The van der Waals surface area contributed by atoms with Crippen LogP contribution in [0.2, 0.25) is 0 Å². The average molecular weight is 244 g/mol. The summed E-state index contributed by atoms with van der Waals surface area (Å²) in [6.45, 7) is 4.91. The molecule has 0 aliphatic carbocycles. The first kappa shape index (κ1) is 14.9. The van der Waals surface area contributed by atoms with Crippen LogP contribution >= 0.6 is 12.4 Å². The lowest BCUT2D eigenvalue weighted by Gasteiger charge is -2.07. The molecule has 0 bridgehead atoms. The van der Waals surface area contributed by atoms with Crippen molar-refractivity contribution < 1.29 is 9.90 Å². The second-order valence-electron chi connectivity index (χ2n) is 3.89. The highest BCUT2D eigenvalue weighted by Crippen LogP contribution is 2.14. The normalized spacial score (nSPS) is 9.94. The van der Waals surface area contributed by atoms with Crippen LogP contribution < -0.4 is 5.32 Å². The molecular formula is C12H18ClNO2. The van der Waals surface area contributed by atoms with Crippen LogP contribution in [0.25, 0.3) is 0 Å². The molecule has 0 amide bonds. The van der Waals surface area contributed by atoms with E-state index in [1.165, 1.54) is 5.56 Å². The Hall–Kier alpha value is -1.06. The molecular weight excluding hydrogens is 226 g/mol. The number of rotatable bonds is 5. The van der Waals surface area contributed by atoms with Gasteiger partial charge in [0.25, 0.3) is 0 Å². The summed E-state index contributed by atoms with van der Waals surface area (Å²) in [6.07, 6.45) is 0. The van der Waals surface area contributed by atoms with Crippen molar-refractivity contribution in [2.45, 2.75) is 26.3 Å². The minimum Gasteiger partial charge on any atom is -0.480 e. The van der Waals surface area contributed by atoms with E-state index >= 15 is 0 Å². The zero-order chi connectivity index (χ0) is 11.3. The van der Waals surface area contributed by atoms with E-state index < -0.39 is 5.97 Å². The fraction of sp³-hybridized carbons (Fsp3) is 0.417. The Morgan fingerprint density at radius 2 is 1.88 bits per heavy atom. The molecule has 0 saturated heterocycles. The van der Waals surface area contributed by atoms with E-state index in [9.17, 15) is 4.79 Å². The highest BCUT2D eigenvalue weighted by Gasteiger charge is 1.99. The summed E-state index contributed by atoms with van der Waals surface area (Å²) in [5, 5.41) is 11.3. The molecule has 0 unspecified atom stereocenters. The zero-order valence-electron chi connectivity index (χ0n) is 9.56. The predicted molar refractivity (Wildman–Crippen MR) is 67.1 cm³/mol. The molecule has 90 valence electrons. The highest BCUT2D eigenvalue weighted by atomic mass is 35.5. The number of halogens is 1. The van der Waals surface area contributed by atoms with Gasteiger partial charge in [-0.15, -0.1) is 12.4 Å². The summed E-state index contributed by atoms with van der Waals surface area (Å²) in [5.41, 5.74) is 2.41. The maximum atomic E-state index is 10.3. The average Bonchev–Trinajstić information content (AvgIpc) is 2.18. The zero-order valence-corrected chi connectivity index (χ0v) is 10.4. The van der Waals surface area contributed by atoms with Gasteiger partial charge in [0.2, 0.25) is 0 Å². The van der Waals surface area contributed by atoms with E-state index in [1.54, 1.807) is 0 Å². The van der Waals surface area contributed by atoms with Gasteiger partial charge in [-0.2, -0.15) is 0 Å². The first-order valence-electron chi connectivity index (χ1n) is 5.11. The molecule has 16 heavy (non-hydrogen) atoms. The topological polar surface area (TPSA) is 49.3 Å². The maximum absolute atomic E-state index is 10.3. The summed E-state index contributed by atoms with van der Waals surface area (Å²) in [6, 6.07) is 8.24. The number of aliphatic carboxylic acids is 1. The van der Waals surface area contributed by atoms with Gasteiger partial charge >= 0.3 is 5.97 Å². The smallest absolute Gasteiger partial charge is 0.317 e. The Morgan fingerprint density at radius 3 is 2.31 bits per heavy atom. The van der Waals surface area contributed by atoms with Gasteiger partial charge in [0.15, 0.2) is 0 Å². The molecule has 0 aromatic heterocycles. The summed E-state index contributed by atoms with van der Waals surface area (Å²) < 4.78 is 0. The van der Waals surface area contributed by atoms with Gasteiger partial charge in [-0.3, -0.25) is 4.79 Å². The lowest BCUT2D eigenvalue weighted by atomic mass is 10.0. The molecule has 0 fully saturated rings. The van der Waals surface area contributed by atoms with Crippen molar-refractivity contribution in [3.63, 3.8) is 0 Å². The standard InChI is InChI=1S/C12H17NO2.ClH/c1-9(2)11-5-3-10(4-6-11)7-13-8-12(14)15;/h3-6,9,13H,7-8H2,1-2H3,(H,14,15);1H. The van der Waals surface area contributed by atoms with Crippen LogP contribution in [0.3, 0.4) is 0 Å². The fourth-order valence-electron chi connectivity index (χ4n) is 1.33. The van der Waals surface area contributed by atoms with Gasteiger partial charge in [0, 0.05) is 6.54 Å². The summed E-state index contributed by atoms with van der Waals surface area (Å²) >= 11 is 0. The first-order valence-corrected chi connectivity index (χ1v) is 5.11. The van der Waals surface area contributed by atoms with E-state index in [2.05, 4.69) is 31.3 Å². The van der Waals surface area contributed by atoms with Gasteiger partial charge in [-0.1, -0.05) is 38.1 Å². The number of benzene rings is 1. The Bertz CT molecular complexity index is 322. The number of carbonyl (C=O) groups is 1. The van der Waals surface area contributed by atoms with Gasteiger partial charge in [0.1, 0.15) is 0 Å². The molecule has 0 saturated carbocycles. The summed E-state index contributed by atoms with van der Waals surface area (Å²) in [7, 11) is 0. The minimum absolute atomic E-state index is 0. The van der Waals surface area contributed by atoms with E-state index in [1.807, 2.05) is 12.1 Å². The van der Waals surface area contributed by atoms with E-state index in [4.69, 9.17) is 5.11 Å². The third-order valence-corrected chi connectivity index (χ3v) is 2.25. The molecule has 0 heterocycles. The van der Waals surface area contributed by atoms with Crippen LogP contribution in [0.1, 0.15) is 30.9 Å². The maximum Gasteiger partial charge on any atom is 0.317 e. The Balaban J connectivity index is 0.00000225. The number of carboxylic acid groups (broad SMARTS) is 1. The number of nitrogens with one attached hydrogen (secondary N) is 1. The van der Waals surface area contributed by atoms with Crippen LogP contribution in [0.4, 0.5) is 0 Å². The molecule has 0 aliphatic rings. The van der Waals surface area contributed by atoms with Gasteiger partial charge < -0.3 is 10.4 Å². The van der Waals surface area contributed by atoms with Crippen LogP contribution in [-0.4, -0.2) is 17.6 Å². The molecule has 0 spiro atoms. The molecule has 1 aromatic rings. The largest absolute Gasteiger partial charge is 0.480 e. The van der Waals surface area contributed by atoms with Crippen molar-refractivity contribution in [3.8, 4) is 0 Å². The first-order chi connectivity index (χ1) is 7.09. The van der Waals surface area contributed by atoms with Crippen molar-refractivity contribution in [2.75, 3.05) is 6.54 Å². The van der Waals surface area contributed by atoms with E-state index in [-0.39, 0.29) is 19.0 Å². The van der Waals surface area contributed by atoms with Crippen LogP contribution in [-0.2, 0) is 11.3 Å². The van der Waals surface area contributed by atoms with Crippen LogP contribution in [0, 0.1) is 0 Å². The molecule has 0 atom stereocenters. The molecule has 0 aliphatic heterocycles. The van der Waals surface area contributed by atoms with Crippen LogP contribution in [0.15, 0.2) is 24.3 Å². The molecule has 3 nitrogen and oxygen atoms in total. The Morgan fingerprint density at radius 1 is 1.31 bits per heavy atom. The van der Waals surface area contributed by atoms with Crippen molar-refractivity contribution in [3.05, 3.63) is 35.4 Å². The highest BCUT2D eigenvalue weighted by molar-refractivity contribution is 5.85. The molecule has 4 heteroatoms. The number of hydrogen-bond donors (Lipinski definition) is 2.